The summed E-state index contributed by atoms with van der Waals surface area (Å²) in [6.45, 7) is 1.36. The van der Waals surface area contributed by atoms with Crippen LogP contribution in [-0.2, 0) is 14.9 Å². The van der Waals surface area contributed by atoms with Crippen molar-refractivity contribution in [1.29, 1.82) is 0 Å². The van der Waals surface area contributed by atoms with E-state index in [1.807, 2.05) is 0 Å². The molecule has 0 saturated heterocycles. The Bertz CT molecular complexity index is 801. The Balaban J connectivity index is 2.28. The van der Waals surface area contributed by atoms with Crippen LogP contribution < -0.4 is 0 Å². The molecule has 0 unspecified atom stereocenters. The van der Waals surface area contributed by atoms with Gasteiger partial charge in [0.2, 0.25) is 0 Å². The highest BCUT2D eigenvalue weighted by Gasteiger charge is 2.38. The highest BCUT2D eigenvalue weighted by Crippen LogP contribution is 2.41. The number of esters is 1. The molecule has 27 heavy (non-hydrogen) atoms. The fourth-order valence-corrected chi connectivity index (χ4v) is 3.20. The van der Waals surface area contributed by atoms with Crippen LogP contribution in [0.5, 0.6) is 17.2 Å². The van der Waals surface area contributed by atoms with Gasteiger partial charge in [-0.3, -0.25) is 4.79 Å². The van der Waals surface area contributed by atoms with E-state index < -0.39 is 11.4 Å². The van der Waals surface area contributed by atoms with Crippen molar-refractivity contribution in [2.75, 3.05) is 6.61 Å². The van der Waals surface area contributed by atoms with Crippen molar-refractivity contribution in [3.63, 3.8) is 0 Å². The van der Waals surface area contributed by atoms with Crippen LogP contribution >= 0.6 is 0 Å². The van der Waals surface area contributed by atoms with Crippen LogP contribution in [0.25, 0.3) is 0 Å². The molecule has 0 radical (unpaired) electrons. The molecular weight excluding hydrogens is 344 g/mol. The summed E-state index contributed by atoms with van der Waals surface area (Å²) in [5.74, 6) is -0.0552. The van der Waals surface area contributed by atoms with Gasteiger partial charge in [-0.05, 0) is 53.1 Å². The third-order valence-electron chi connectivity index (χ3n) is 4.57. The summed E-state index contributed by atoms with van der Waals surface area (Å²) in [5.41, 5.74) is 1.48. The molecule has 3 rings (SSSR count). The van der Waals surface area contributed by atoms with Gasteiger partial charge in [-0.1, -0.05) is 36.4 Å². The van der Waals surface area contributed by atoms with Gasteiger partial charge in [0.15, 0.2) is 0 Å². The lowest BCUT2D eigenvalue weighted by atomic mass is 9.70. The number of carbonyl (C=O) groups is 1. The molecule has 0 bridgehead atoms. The Morgan fingerprint density at radius 3 is 1.26 bits per heavy atom. The third kappa shape index (κ3) is 3.72. The van der Waals surface area contributed by atoms with Crippen molar-refractivity contribution < 1.29 is 24.9 Å². The zero-order chi connectivity index (χ0) is 19.4. The maximum absolute atomic E-state index is 11.6. The van der Waals surface area contributed by atoms with Crippen LogP contribution in [0.4, 0.5) is 0 Å². The Morgan fingerprint density at radius 2 is 1.00 bits per heavy atom. The zero-order valence-electron chi connectivity index (χ0n) is 14.8. The molecule has 0 atom stereocenters. The second kappa shape index (κ2) is 7.41. The van der Waals surface area contributed by atoms with Crippen LogP contribution in [0.1, 0.15) is 23.6 Å². The number of carbonyl (C=O) groups excluding carboxylic acids is 1. The molecule has 0 amide bonds. The highest BCUT2D eigenvalue weighted by molar-refractivity contribution is 5.66. The van der Waals surface area contributed by atoms with E-state index >= 15 is 0 Å². The zero-order valence-corrected chi connectivity index (χ0v) is 14.8. The van der Waals surface area contributed by atoms with Crippen LogP contribution in [0, 0.1) is 0 Å². The Hall–Kier alpha value is -3.47. The summed E-state index contributed by atoms with van der Waals surface area (Å²) >= 11 is 0. The normalized spacial score (nSPS) is 11.1. The molecule has 138 valence electrons. The SMILES string of the molecule is CC(=O)OCC(c1ccc(O)cc1)(c1ccc(O)cc1)c1ccc(O)cc1. The summed E-state index contributed by atoms with van der Waals surface area (Å²) in [7, 11) is 0. The van der Waals surface area contributed by atoms with Crippen LogP contribution in [0.2, 0.25) is 0 Å². The fourth-order valence-electron chi connectivity index (χ4n) is 3.20. The van der Waals surface area contributed by atoms with Gasteiger partial charge in [-0.25, -0.2) is 0 Å². The van der Waals surface area contributed by atoms with Crippen molar-refractivity contribution >= 4 is 5.97 Å². The molecule has 0 aliphatic carbocycles. The first-order valence-corrected chi connectivity index (χ1v) is 8.44. The van der Waals surface area contributed by atoms with Gasteiger partial charge in [0.25, 0.3) is 0 Å². The van der Waals surface area contributed by atoms with E-state index in [1.165, 1.54) is 6.92 Å². The van der Waals surface area contributed by atoms with E-state index in [1.54, 1.807) is 72.8 Å². The Kier molecular flexibility index (Phi) is 5.03. The maximum Gasteiger partial charge on any atom is 0.302 e. The minimum absolute atomic E-state index is 0.0165. The first-order valence-electron chi connectivity index (χ1n) is 8.44. The Morgan fingerprint density at radius 1 is 0.704 bits per heavy atom. The predicted octanol–water partition coefficient (Wildman–Crippen LogP) is 3.70. The molecular formula is C22H20O5. The van der Waals surface area contributed by atoms with E-state index in [0.717, 1.165) is 16.7 Å². The number of benzene rings is 3. The lowest BCUT2D eigenvalue weighted by molar-refractivity contribution is -0.142. The largest absolute Gasteiger partial charge is 0.508 e. The molecule has 0 aromatic heterocycles. The molecule has 5 nitrogen and oxygen atoms in total. The standard InChI is InChI=1S/C22H20O5/c1-15(23)27-14-22(16-2-8-19(24)9-3-16,17-4-10-20(25)11-5-17)18-6-12-21(26)13-7-18/h2-13,24-26H,14H2,1H3. The monoisotopic (exact) mass is 364 g/mol. The summed E-state index contributed by atoms with van der Waals surface area (Å²) in [6.07, 6.45) is 0. The average Bonchev–Trinajstić information content (AvgIpc) is 2.65. The molecule has 5 heteroatoms. The molecule has 0 aliphatic heterocycles. The summed E-state index contributed by atoms with van der Waals surface area (Å²) in [4.78, 5) is 11.6. The average molecular weight is 364 g/mol. The smallest absolute Gasteiger partial charge is 0.302 e. The molecule has 0 spiro atoms. The first kappa shape index (κ1) is 18.3. The molecule has 0 aliphatic rings. The van der Waals surface area contributed by atoms with Crippen molar-refractivity contribution in [3.8, 4) is 17.2 Å². The lowest BCUT2D eigenvalue weighted by Gasteiger charge is -2.35. The minimum Gasteiger partial charge on any atom is -0.508 e. The second-order valence-electron chi connectivity index (χ2n) is 6.33. The predicted molar refractivity (Wildman–Crippen MR) is 101 cm³/mol. The van der Waals surface area contributed by atoms with Gasteiger partial charge in [-0.2, -0.15) is 0 Å². The van der Waals surface area contributed by atoms with Gasteiger partial charge >= 0.3 is 5.97 Å². The van der Waals surface area contributed by atoms with Gasteiger partial charge in [0, 0.05) is 6.92 Å². The molecule has 3 aromatic rings. The molecule has 3 N–H and O–H groups in total. The van der Waals surface area contributed by atoms with E-state index in [9.17, 15) is 20.1 Å². The molecule has 0 heterocycles. The number of ether oxygens (including phenoxy) is 1. The number of rotatable bonds is 5. The van der Waals surface area contributed by atoms with E-state index in [4.69, 9.17) is 4.74 Å². The number of phenolic OH excluding ortho intramolecular Hbond substituents is 3. The van der Waals surface area contributed by atoms with Gasteiger partial charge in [0.05, 0.1) is 5.41 Å². The van der Waals surface area contributed by atoms with E-state index in [0.29, 0.717) is 0 Å². The van der Waals surface area contributed by atoms with Crippen LogP contribution in [0.15, 0.2) is 72.8 Å². The number of hydrogen-bond acceptors (Lipinski definition) is 5. The molecule has 3 aromatic carbocycles. The number of hydrogen-bond donors (Lipinski definition) is 3. The maximum atomic E-state index is 11.6. The molecule has 0 saturated carbocycles. The lowest BCUT2D eigenvalue weighted by Crippen LogP contribution is -2.35. The van der Waals surface area contributed by atoms with Crippen molar-refractivity contribution in [2.24, 2.45) is 0 Å². The van der Waals surface area contributed by atoms with E-state index in [-0.39, 0.29) is 23.9 Å². The highest BCUT2D eigenvalue weighted by atomic mass is 16.5. The third-order valence-corrected chi connectivity index (χ3v) is 4.57. The first-order chi connectivity index (χ1) is 12.9. The van der Waals surface area contributed by atoms with Gasteiger partial charge < -0.3 is 20.1 Å². The van der Waals surface area contributed by atoms with Gasteiger partial charge in [-0.15, -0.1) is 0 Å². The quantitative estimate of drug-likeness (QED) is 0.475. The minimum atomic E-state index is -0.888. The second-order valence-corrected chi connectivity index (χ2v) is 6.33. The van der Waals surface area contributed by atoms with E-state index in [2.05, 4.69) is 0 Å². The Labute approximate surface area is 157 Å². The van der Waals surface area contributed by atoms with Crippen molar-refractivity contribution in [2.45, 2.75) is 12.3 Å². The number of aromatic hydroxyl groups is 3. The topological polar surface area (TPSA) is 87.0 Å². The van der Waals surface area contributed by atoms with Crippen molar-refractivity contribution in [3.05, 3.63) is 89.5 Å². The van der Waals surface area contributed by atoms with Gasteiger partial charge in [0.1, 0.15) is 23.9 Å². The summed E-state index contributed by atoms with van der Waals surface area (Å²) in [5, 5.41) is 29.1. The van der Waals surface area contributed by atoms with Crippen molar-refractivity contribution in [1.82, 2.24) is 0 Å². The molecule has 0 fully saturated rings. The summed E-state index contributed by atoms with van der Waals surface area (Å²) in [6, 6.07) is 20.0. The summed E-state index contributed by atoms with van der Waals surface area (Å²) < 4.78 is 5.43. The number of phenols is 3. The fraction of sp³-hybridized carbons (Fsp3) is 0.136. The van der Waals surface area contributed by atoms with Crippen LogP contribution in [-0.4, -0.2) is 27.9 Å². The van der Waals surface area contributed by atoms with Crippen LogP contribution in [0.3, 0.4) is 0 Å².